The molecular formula is C17H21NO. The van der Waals surface area contributed by atoms with Gasteiger partial charge in [-0.05, 0) is 35.2 Å². The van der Waals surface area contributed by atoms with Crippen LogP contribution < -0.4 is 5.32 Å². The SMILES string of the molecule is CCC(C(=O)Nc1ccc2ccccc2c1)C(C)C. The number of carbonyl (C=O) groups excluding carboxylic acids is 1. The van der Waals surface area contributed by atoms with Gasteiger partial charge in [0.2, 0.25) is 5.91 Å². The number of anilines is 1. The number of benzene rings is 2. The van der Waals surface area contributed by atoms with Gasteiger partial charge in [0.25, 0.3) is 0 Å². The molecule has 0 spiro atoms. The molecule has 0 radical (unpaired) electrons. The molecule has 1 amide bonds. The molecule has 1 N–H and O–H groups in total. The summed E-state index contributed by atoms with van der Waals surface area (Å²) in [6.45, 7) is 6.24. The van der Waals surface area contributed by atoms with Crippen LogP contribution in [0.5, 0.6) is 0 Å². The summed E-state index contributed by atoms with van der Waals surface area (Å²) in [7, 11) is 0. The summed E-state index contributed by atoms with van der Waals surface area (Å²) in [5.41, 5.74) is 0.878. The third-order valence-corrected chi connectivity index (χ3v) is 3.60. The predicted molar refractivity (Wildman–Crippen MR) is 81.2 cm³/mol. The van der Waals surface area contributed by atoms with Gasteiger partial charge in [0.1, 0.15) is 0 Å². The van der Waals surface area contributed by atoms with E-state index in [1.54, 1.807) is 0 Å². The number of hydrogen-bond donors (Lipinski definition) is 1. The highest BCUT2D eigenvalue weighted by atomic mass is 16.1. The molecule has 2 aromatic carbocycles. The van der Waals surface area contributed by atoms with Gasteiger partial charge in [-0.1, -0.05) is 51.1 Å². The Morgan fingerprint density at radius 3 is 2.42 bits per heavy atom. The van der Waals surface area contributed by atoms with E-state index in [0.717, 1.165) is 17.5 Å². The first-order valence-electron chi connectivity index (χ1n) is 6.91. The topological polar surface area (TPSA) is 29.1 Å². The molecule has 19 heavy (non-hydrogen) atoms. The molecule has 0 saturated heterocycles. The van der Waals surface area contributed by atoms with Crippen LogP contribution in [0.2, 0.25) is 0 Å². The van der Waals surface area contributed by atoms with Crippen molar-refractivity contribution < 1.29 is 4.79 Å². The second kappa shape index (κ2) is 5.87. The molecule has 0 fully saturated rings. The van der Waals surface area contributed by atoms with Crippen molar-refractivity contribution >= 4 is 22.4 Å². The van der Waals surface area contributed by atoms with Crippen LogP contribution in [0.3, 0.4) is 0 Å². The molecular weight excluding hydrogens is 234 g/mol. The van der Waals surface area contributed by atoms with E-state index >= 15 is 0 Å². The molecule has 0 aromatic heterocycles. The lowest BCUT2D eigenvalue weighted by molar-refractivity contribution is -0.121. The van der Waals surface area contributed by atoms with Crippen LogP contribution in [0, 0.1) is 11.8 Å². The van der Waals surface area contributed by atoms with Crippen molar-refractivity contribution in [1.29, 1.82) is 0 Å². The van der Waals surface area contributed by atoms with Crippen molar-refractivity contribution in [2.24, 2.45) is 11.8 Å². The van der Waals surface area contributed by atoms with Crippen LogP contribution in [-0.2, 0) is 4.79 Å². The van der Waals surface area contributed by atoms with E-state index in [1.807, 2.05) is 30.3 Å². The molecule has 0 bridgehead atoms. The van der Waals surface area contributed by atoms with Crippen LogP contribution in [0.1, 0.15) is 27.2 Å². The minimum atomic E-state index is 0.0754. The van der Waals surface area contributed by atoms with Crippen LogP contribution in [0.25, 0.3) is 10.8 Å². The van der Waals surface area contributed by atoms with Gasteiger partial charge in [0.15, 0.2) is 0 Å². The lowest BCUT2D eigenvalue weighted by Gasteiger charge is -2.18. The van der Waals surface area contributed by atoms with Crippen LogP contribution >= 0.6 is 0 Å². The third kappa shape index (κ3) is 3.14. The quantitative estimate of drug-likeness (QED) is 0.858. The minimum absolute atomic E-state index is 0.0754. The van der Waals surface area contributed by atoms with Crippen LogP contribution in [0.4, 0.5) is 5.69 Å². The van der Waals surface area contributed by atoms with Crippen molar-refractivity contribution in [3.63, 3.8) is 0 Å². The molecule has 100 valence electrons. The van der Waals surface area contributed by atoms with Gasteiger partial charge < -0.3 is 5.32 Å². The summed E-state index contributed by atoms with van der Waals surface area (Å²) in [6.07, 6.45) is 0.872. The summed E-state index contributed by atoms with van der Waals surface area (Å²) in [5.74, 6) is 0.560. The highest BCUT2D eigenvalue weighted by molar-refractivity contribution is 5.95. The van der Waals surface area contributed by atoms with E-state index in [2.05, 4.69) is 38.2 Å². The predicted octanol–water partition coefficient (Wildman–Crippen LogP) is 4.46. The van der Waals surface area contributed by atoms with Crippen molar-refractivity contribution in [3.05, 3.63) is 42.5 Å². The second-order valence-electron chi connectivity index (χ2n) is 5.31. The Kier molecular flexibility index (Phi) is 4.20. The Hall–Kier alpha value is -1.83. The zero-order valence-electron chi connectivity index (χ0n) is 11.8. The highest BCUT2D eigenvalue weighted by Gasteiger charge is 2.19. The first-order valence-corrected chi connectivity index (χ1v) is 6.91. The smallest absolute Gasteiger partial charge is 0.227 e. The first kappa shape index (κ1) is 13.6. The van der Waals surface area contributed by atoms with Crippen molar-refractivity contribution in [3.8, 4) is 0 Å². The fourth-order valence-corrected chi connectivity index (χ4v) is 2.46. The van der Waals surface area contributed by atoms with Gasteiger partial charge in [-0.3, -0.25) is 4.79 Å². The Morgan fingerprint density at radius 2 is 1.79 bits per heavy atom. The Balaban J connectivity index is 2.19. The maximum Gasteiger partial charge on any atom is 0.227 e. The van der Waals surface area contributed by atoms with E-state index in [9.17, 15) is 4.79 Å². The zero-order chi connectivity index (χ0) is 13.8. The average Bonchev–Trinajstić information content (AvgIpc) is 2.39. The van der Waals surface area contributed by atoms with Gasteiger partial charge in [-0.2, -0.15) is 0 Å². The zero-order valence-corrected chi connectivity index (χ0v) is 11.8. The van der Waals surface area contributed by atoms with Gasteiger partial charge in [-0.25, -0.2) is 0 Å². The minimum Gasteiger partial charge on any atom is -0.326 e. The third-order valence-electron chi connectivity index (χ3n) is 3.60. The van der Waals surface area contributed by atoms with Crippen molar-refractivity contribution in [1.82, 2.24) is 0 Å². The standard InChI is InChI=1S/C17H21NO/c1-4-16(12(2)3)17(19)18-15-10-9-13-7-5-6-8-14(13)11-15/h5-12,16H,4H2,1-3H3,(H,18,19). The summed E-state index contributed by atoms with van der Waals surface area (Å²) in [6, 6.07) is 14.2. The molecule has 0 heterocycles. The number of rotatable bonds is 4. The number of amides is 1. The maximum atomic E-state index is 12.2. The Labute approximate surface area is 114 Å². The molecule has 0 aliphatic rings. The summed E-state index contributed by atoms with van der Waals surface area (Å²) in [5, 5.41) is 5.37. The molecule has 1 unspecified atom stereocenters. The normalized spacial score (nSPS) is 12.6. The molecule has 1 atom stereocenters. The maximum absolute atomic E-state index is 12.2. The Bertz CT molecular complexity index is 574. The van der Waals surface area contributed by atoms with Crippen molar-refractivity contribution in [2.45, 2.75) is 27.2 Å². The summed E-state index contributed by atoms with van der Waals surface area (Å²) < 4.78 is 0. The molecule has 0 saturated carbocycles. The van der Waals surface area contributed by atoms with E-state index in [1.165, 1.54) is 5.39 Å². The summed E-state index contributed by atoms with van der Waals surface area (Å²) >= 11 is 0. The van der Waals surface area contributed by atoms with Crippen LogP contribution in [0.15, 0.2) is 42.5 Å². The van der Waals surface area contributed by atoms with Crippen molar-refractivity contribution in [2.75, 3.05) is 5.32 Å². The van der Waals surface area contributed by atoms with Gasteiger partial charge >= 0.3 is 0 Å². The molecule has 2 aromatic rings. The largest absolute Gasteiger partial charge is 0.326 e. The lowest BCUT2D eigenvalue weighted by Crippen LogP contribution is -2.26. The number of hydrogen-bond acceptors (Lipinski definition) is 1. The highest BCUT2D eigenvalue weighted by Crippen LogP contribution is 2.21. The Morgan fingerprint density at radius 1 is 1.11 bits per heavy atom. The molecule has 2 nitrogen and oxygen atoms in total. The molecule has 2 rings (SSSR count). The molecule has 0 aliphatic carbocycles. The van der Waals surface area contributed by atoms with Crippen LogP contribution in [-0.4, -0.2) is 5.91 Å². The van der Waals surface area contributed by atoms with E-state index in [4.69, 9.17) is 0 Å². The fourth-order valence-electron chi connectivity index (χ4n) is 2.46. The lowest BCUT2D eigenvalue weighted by atomic mass is 9.92. The summed E-state index contributed by atoms with van der Waals surface area (Å²) in [4.78, 5) is 12.2. The van der Waals surface area contributed by atoms with Gasteiger partial charge in [0, 0.05) is 11.6 Å². The number of nitrogens with one attached hydrogen (secondary N) is 1. The average molecular weight is 255 g/mol. The fraction of sp³-hybridized carbons (Fsp3) is 0.353. The van der Waals surface area contributed by atoms with E-state index in [-0.39, 0.29) is 11.8 Å². The monoisotopic (exact) mass is 255 g/mol. The number of carbonyl (C=O) groups is 1. The molecule has 2 heteroatoms. The van der Waals surface area contributed by atoms with Gasteiger partial charge in [0.05, 0.1) is 0 Å². The first-order chi connectivity index (χ1) is 9.11. The number of fused-ring (bicyclic) bond motifs is 1. The molecule has 0 aliphatic heterocycles. The van der Waals surface area contributed by atoms with E-state index in [0.29, 0.717) is 5.92 Å². The van der Waals surface area contributed by atoms with Gasteiger partial charge in [-0.15, -0.1) is 0 Å². The van der Waals surface area contributed by atoms with E-state index < -0.39 is 0 Å². The second-order valence-corrected chi connectivity index (χ2v) is 5.31.